The van der Waals surface area contributed by atoms with Gasteiger partial charge in [-0.3, -0.25) is 0 Å². The number of anilines is 1. The summed E-state index contributed by atoms with van der Waals surface area (Å²) in [5.41, 5.74) is 1.15. The van der Waals surface area contributed by atoms with E-state index in [0.29, 0.717) is 12.5 Å². The first-order valence-corrected chi connectivity index (χ1v) is 5.97. The standard InChI is InChI=1S/C12H17N5O/c1-3-8-18-11-6-4-10(5-7-11)9-13-12-14-15-16-17(12)2/h4-7H,3,8-9H2,1-2H3,(H,13,14,16). The van der Waals surface area contributed by atoms with Crippen molar-refractivity contribution in [2.75, 3.05) is 11.9 Å². The Morgan fingerprint density at radius 1 is 1.28 bits per heavy atom. The zero-order valence-corrected chi connectivity index (χ0v) is 10.6. The van der Waals surface area contributed by atoms with Crippen LogP contribution < -0.4 is 10.1 Å². The third kappa shape index (κ3) is 3.19. The van der Waals surface area contributed by atoms with E-state index < -0.39 is 0 Å². The number of aromatic nitrogens is 4. The summed E-state index contributed by atoms with van der Waals surface area (Å²) < 4.78 is 7.12. The minimum atomic E-state index is 0.654. The molecule has 1 aromatic carbocycles. The fourth-order valence-corrected chi connectivity index (χ4v) is 1.48. The maximum Gasteiger partial charge on any atom is 0.242 e. The van der Waals surface area contributed by atoms with Gasteiger partial charge in [-0.2, -0.15) is 0 Å². The molecule has 0 saturated heterocycles. The Bertz CT molecular complexity index is 479. The lowest BCUT2D eigenvalue weighted by Crippen LogP contribution is -2.05. The van der Waals surface area contributed by atoms with Gasteiger partial charge in [0.15, 0.2) is 0 Å². The molecule has 96 valence electrons. The zero-order chi connectivity index (χ0) is 12.8. The lowest BCUT2D eigenvalue weighted by atomic mass is 10.2. The molecule has 0 aliphatic heterocycles. The SMILES string of the molecule is CCCOc1ccc(CNc2nnnn2C)cc1. The summed E-state index contributed by atoms with van der Waals surface area (Å²) in [5.74, 6) is 1.56. The fourth-order valence-electron chi connectivity index (χ4n) is 1.48. The largest absolute Gasteiger partial charge is 0.494 e. The number of hydrogen-bond acceptors (Lipinski definition) is 5. The molecular weight excluding hydrogens is 230 g/mol. The molecule has 0 unspecified atom stereocenters. The Labute approximate surface area is 106 Å². The second kappa shape index (κ2) is 6.00. The molecule has 0 aliphatic carbocycles. The summed E-state index contributed by atoms with van der Waals surface area (Å²) in [5, 5.41) is 14.3. The number of tetrazole rings is 1. The molecule has 0 aliphatic rings. The normalized spacial score (nSPS) is 10.3. The highest BCUT2D eigenvalue weighted by Crippen LogP contribution is 2.13. The lowest BCUT2D eigenvalue weighted by molar-refractivity contribution is 0.317. The van der Waals surface area contributed by atoms with Crippen LogP contribution >= 0.6 is 0 Å². The first-order chi connectivity index (χ1) is 8.79. The number of ether oxygens (including phenoxy) is 1. The Kier molecular flexibility index (Phi) is 4.11. The number of hydrogen-bond donors (Lipinski definition) is 1. The third-order valence-electron chi connectivity index (χ3n) is 2.47. The van der Waals surface area contributed by atoms with Crippen molar-refractivity contribution in [1.82, 2.24) is 20.2 Å². The number of benzene rings is 1. The molecule has 6 nitrogen and oxygen atoms in total. The van der Waals surface area contributed by atoms with Crippen molar-refractivity contribution in [2.24, 2.45) is 7.05 Å². The molecule has 0 radical (unpaired) electrons. The highest BCUT2D eigenvalue weighted by molar-refractivity contribution is 5.30. The van der Waals surface area contributed by atoms with Gasteiger partial charge in [-0.25, -0.2) is 4.68 Å². The van der Waals surface area contributed by atoms with E-state index in [4.69, 9.17) is 4.74 Å². The van der Waals surface area contributed by atoms with E-state index in [2.05, 4.69) is 27.8 Å². The Hall–Kier alpha value is -2.11. The van der Waals surface area contributed by atoms with Gasteiger partial charge in [0.2, 0.25) is 5.95 Å². The van der Waals surface area contributed by atoms with Crippen molar-refractivity contribution < 1.29 is 4.74 Å². The fraction of sp³-hybridized carbons (Fsp3) is 0.417. The smallest absolute Gasteiger partial charge is 0.242 e. The van der Waals surface area contributed by atoms with Crippen LogP contribution in [0.3, 0.4) is 0 Å². The summed E-state index contributed by atoms with van der Waals surface area (Å²) in [7, 11) is 1.80. The average Bonchev–Trinajstić information content (AvgIpc) is 2.81. The number of nitrogens with one attached hydrogen (secondary N) is 1. The van der Waals surface area contributed by atoms with Crippen LogP contribution in [0.1, 0.15) is 18.9 Å². The van der Waals surface area contributed by atoms with Crippen molar-refractivity contribution in [2.45, 2.75) is 19.9 Å². The highest BCUT2D eigenvalue weighted by atomic mass is 16.5. The molecule has 1 N–H and O–H groups in total. The van der Waals surface area contributed by atoms with Gasteiger partial charge >= 0.3 is 0 Å². The lowest BCUT2D eigenvalue weighted by Gasteiger charge is -2.07. The molecule has 1 aromatic heterocycles. The van der Waals surface area contributed by atoms with Crippen molar-refractivity contribution in [3.05, 3.63) is 29.8 Å². The molecular formula is C12H17N5O. The molecule has 0 spiro atoms. The second-order valence-electron chi connectivity index (χ2n) is 3.97. The topological polar surface area (TPSA) is 64.9 Å². The summed E-state index contributed by atoms with van der Waals surface area (Å²) in [6, 6.07) is 8.01. The third-order valence-corrected chi connectivity index (χ3v) is 2.47. The predicted octanol–water partition coefficient (Wildman–Crippen LogP) is 1.61. The minimum Gasteiger partial charge on any atom is -0.494 e. The molecule has 6 heteroatoms. The zero-order valence-electron chi connectivity index (χ0n) is 10.6. The minimum absolute atomic E-state index is 0.654. The summed E-state index contributed by atoms with van der Waals surface area (Å²) in [6.45, 7) is 3.53. The van der Waals surface area contributed by atoms with Crippen LogP contribution in [0.25, 0.3) is 0 Å². The first-order valence-electron chi connectivity index (χ1n) is 5.97. The highest BCUT2D eigenvalue weighted by Gasteiger charge is 2.01. The quantitative estimate of drug-likeness (QED) is 0.840. The average molecular weight is 247 g/mol. The van der Waals surface area contributed by atoms with E-state index in [1.165, 1.54) is 0 Å². The van der Waals surface area contributed by atoms with Crippen LogP contribution in [0, 0.1) is 0 Å². The molecule has 0 atom stereocenters. The molecule has 2 aromatic rings. The number of nitrogens with zero attached hydrogens (tertiary/aromatic N) is 4. The van der Waals surface area contributed by atoms with Crippen molar-refractivity contribution in [3.8, 4) is 5.75 Å². The molecule has 0 saturated carbocycles. The molecule has 18 heavy (non-hydrogen) atoms. The van der Waals surface area contributed by atoms with Gasteiger partial charge in [-0.05, 0) is 34.5 Å². The predicted molar refractivity (Wildman–Crippen MR) is 68.4 cm³/mol. The molecule has 1 heterocycles. The van der Waals surface area contributed by atoms with E-state index in [0.717, 1.165) is 24.3 Å². The summed E-state index contributed by atoms with van der Waals surface area (Å²) in [4.78, 5) is 0. The maximum absolute atomic E-state index is 5.52. The number of aryl methyl sites for hydroxylation is 1. The van der Waals surface area contributed by atoms with Crippen molar-refractivity contribution in [1.29, 1.82) is 0 Å². The van der Waals surface area contributed by atoms with Gasteiger partial charge in [0.1, 0.15) is 5.75 Å². The molecule has 0 fully saturated rings. The van der Waals surface area contributed by atoms with Gasteiger partial charge in [0.25, 0.3) is 0 Å². The molecule has 0 amide bonds. The molecule has 0 bridgehead atoms. The van der Waals surface area contributed by atoms with Crippen LogP contribution in [-0.2, 0) is 13.6 Å². The Morgan fingerprint density at radius 2 is 2.06 bits per heavy atom. The maximum atomic E-state index is 5.52. The van der Waals surface area contributed by atoms with Crippen LogP contribution in [0.2, 0.25) is 0 Å². The van der Waals surface area contributed by atoms with E-state index >= 15 is 0 Å². The first kappa shape index (κ1) is 12.3. The van der Waals surface area contributed by atoms with Gasteiger partial charge in [0.05, 0.1) is 6.61 Å². The van der Waals surface area contributed by atoms with Crippen LogP contribution in [-0.4, -0.2) is 26.8 Å². The van der Waals surface area contributed by atoms with E-state index in [1.807, 2.05) is 24.3 Å². The monoisotopic (exact) mass is 247 g/mol. The van der Waals surface area contributed by atoms with Crippen molar-refractivity contribution >= 4 is 5.95 Å². The van der Waals surface area contributed by atoms with Gasteiger partial charge in [0, 0.05) is 13.6 Å². The van der Waals surface area contributed by atoms with Crippen LogP contribution in [0.5, 0.6) is 5.75 Å². The Balaban J connectivity index is 1.88. The Morgan fingerprint density at radius 3 is 2.67 bits per heavy atom. The van der Waals surface area contributed by atoms with E-state index in [1.54, 1.807) is 11.7 Å². The summed E-state index contributed by atoms with van der Waals surface area (Å²) >= 11 is 0. The van der Waals surface area contributed by atoms with Gasteiger partial charge in [-0.1, -0.05) is 24.2 Å². The van der Waals surface area contributed by atoms with Gasteiger partial charge < -0.3 is 10.1 Å². The van der Waals surface area contributed by atoms with Gasteiger partial charge in [-0.15, -0.1) is 0 Å². The second-order valence-corrected chi connectivity index (χ2v) is 3.97. The van der Waals surface area contributed by atoms with Crippen LogP contribution in [0.4, 0.5) is 5.95 Å². The molecule has 2 rings (SSSR count). The van der Waals surface area contributed by atoms with Crippen LogP contribution in [0.15, 0.2) is 24.3 Å². The van der Waals surface area contributed by atoms with E-state index in [-0.39, 0.29) is 0 Å². The van der Waals surface area contributed by atoms with E-state index in [9.17, 15) is 0 Å². The number of rotatable bonds is 6. The summed E-state index contributed by atoms with van der Waals surface area (Å²) in [6.07, 6.45) is 1.02. The van der Waals surface area contributed by atoms with Crippen molar-refractivity contribution in [3.63, 3.8) is 0 Å².